The molecule has 1 heterocycles. The van der Waals surface area contributed by atoms with Crippen molar-refractivity contribution in [1.82, 2.24) is 0 Å². The lowest BCUT2D eigenvalue weighted by Crippen LogP contribution is -2.58. The molecule has 3 N–H and O–H groups in total. The van der Waals surface area contributed by atoms with E-state index in [0.29, 0.717) is 6.61 Å². The van der Waals surface area contributed by atoms with E-state index in [4.69, 9.17) is 14.2 Å². The summed E-state index contributed by atoms with van der Waals surface area (Å²) in [4.78, 5) is 11.7. The van der Waals surface area contributed by atoms with Crippen molar-refractivity contribution in [2.24, 2.45) is 5.92 Å². The normalized spacial score (nSPS) is 28.6. The number of methoxy groups -OCH3 is 1. The van der Waals surface area contributed by atoms with Crippen LogP contribution in [0.25, 0.3) is 0 Å². The molecule has 0 spiro atoms. The SMILES string of the molecule is CCC/C=C/C=C/C=C(\C)[C@@H]1OC[C@H](C)[C@H](OC)[C@H]1OC(=O)C[NH3+]. The van der Waals surface area contributed by atoms with Gasteiger partial charge in [-0.15, -0.1) is 0 Å². The summed E-state index contributed by atoms with van der Waals surface area (Å²) in [6.07, 6.45) is 11.4. The first kappa shape index (κ1) is 20.6. The highest BCUT2D eigenvalue weighted by atomic mass is 16.6. The minimum absolute atomic E-state index is 0.0962. The van der Waals surface area contributed by atoms with Crippen LogP contribution in [0.4, 0.5) is 0 Å². The molecule has 4 atom stereocenters. The van der Waals surface area contributed by atoms with Gasteiger partial charge >= 0.3 is 5.97 Å². The summed E-state index contributed by atoms with van der Waals surface area (Å²) in [6, 6.07) is 0. The molecule has 1 fully saturated rings. The number of carbonyl (C=O) groups is 1. The Bertz CT molecular complexity index is 470. The molecule has 0 saturated carbocycles. The van der Waals surface area contributed by atoms with E-state index in [1.807, 2.05) is 38.2 Å². The van der Waals surface area contributed by atoms with Crippen LogP contribution in [0.1, 0.15) is 33.6 Å². The predicted octanol–water partition coefficient (Wildman–Crippen LogP) is 2.05. The Morgan fingerprint density at radius 1 is 1.29 bits per heavy atom. The molecule has 1 rings (SSSR count). The number of carbonyl (C=O) groups excluding carboxylic acids is 1. The molecule has 5 nitrogen and oxygen atoms in total. The number of unbranched alkanes of at least 4 members (excludes halogenated alkanes) is 1. The standard InChI is InChI=1S/C19H31NO4/c1-5-6-7-8-9-10-11-14(2)18-19(24-16(21)12-20)17(22-4)15(3)13-23-18/h7-11,15,17-19H,5-6,12-13,20H2,1-4H3/p+1/b8-7+,10-9+,14-11+/t15-,17-,18-,19+/m0/s1. The van der Waals surface area contributed by atoms with Crippen molar-refractivity contribution in [3.05, 3.63) is 36.0 Å². The summed E-state index contributed by atoms with van der Waals surface area (Å²) in [5.41, 5.74) is 4.59. The summed E-state index contributed by atoms with van der Waals surface area (Å²) in [5, 5.41) is 0. The number of esters is 1. The van der Waals surface area contributed by atoms with Gasteiger partial charge in [-0.3, -0.25) is 0 Å². The van der Waals surface area contributed by atoms with E-state index in [-0.39, 0.29) is 30.6 Å². The van der Waals surface area contributed by atoms with E-state index < -0.39 is 6.10 Å². The van der Waals surface area contributed by atoms with Crippen molar-refractivity contribution in [3.8, 4) is 0 Å². The minimum atomic E-state index is -0.451. The topological polar surface area (TPSA) is 72.4 Å². The number of hydrogen-bond donors (Lipinski definition) is 1. The molecule has 136 valence electrons. The van der Waals surface area contributed by atoms with Gasteiger partial charge < -0.3 is 19.9 Å². The third kappa shape index (κ3) is 6.23. The van der Waals surface area contributed by atoms with Crippen molar-refractivity contribution < 1.29 is 24.7 Å². The lowest BCUT2D eigenvalue weighted by molar-refractivity contribution is -0.361. The molecule has 0 aromatic carbocycles. The number of rotatable bonds is 8. The van der Waals surface area contributed by atoms with Gasteiger partial charge in [-0.25, -0.2) is 4.79 Å². The first-order valence-electron chi connectivity index (χ1n) is 8.68. The van der Waals surface area contributed by atoms with Crippen molar-refractivity contribution in [2.75, 3.05) is 20.3 Å². The van der Waals surface area contributed by atoms with Crippen LogP contribution < -0.4 is 5.73 Å². The third-order valence-electron chi connectivity index (χ3n) is 4.09. The Hall–Kier alpha value is -1.43. The van der Waals surface area contributed by atoms with E-state index >= 15 is 0 Å². The monoisotopic (exact) mass is 338 g/mol. The first-order valence-corrected chi connectivity index (χ1v) is 8.68. The molecule has 1 aliphatic rings. The number of hydrogen-bond acceptors (Lipinski definition) is 4. The molecule has 0 radical (unpaired) electrons. The second-order valence-electron chi connectivity index (χ2n) is 6.15. The number of ether oxygens (including phenoxy) is 3. The fraction of sp³-hybridized carbons (Fsp3) is 0.632. The quantitative estimate of drug-likeness (QED) is 0.543. The summed E-state index contributed by atoms with van der Waals surface area (Å²) >= 11 is 0. The zero-order valence-corrected chi connectivity index (χ0v) is 15.4. The van der Waals surface area contributed by atoms with Crippen LogP contribution in [-0.4, -0.2) is 44.5 Å². The maximum Gasteiger partial charge on any atom is 0.362 e. The highest BCUT2D eigenvalue weighted by molar-refractivity contribution is 5.70. The number of allylic oxidation sites excluding steroid dienone is 5. The number of quaternary nitrogens is 1. The van der Waals surface area contributed by atoms with Gasteiger partial charge in [-0.1, -0.05) is 50.6 Å². The smallest absolute Gasteiger partial charge is 0.362 e. The van der Waals surface area contributed by atoms with Crippen molar-refractivity contribution >= 4 is 5.97 Å². The molecule has 0 aromatic rings. The molecule has 1 aliphatic heterocycles. The van der Waals surface area contributed by atoms with Crippen molar-refractivity contribution in [2.45, 2.75) is 51.9 Å². The minimum Gasteiger partial charge on any atom is -0.452 e. The highest BCUT2D eigenvalue weighted by Gasteiger charge is 2.42. The lowest BCUT2D eigenvalue weighted by Gasteiger charge is -2.40. The molecule has 0 amide bonds. The van der Waals surface area contributed by atoms with E-state index in [1.54, 1.807) is 7.11 Å². The van der Waals surface area contributed by atoms with E-state index in [9.17, 15) is 4.79 Å². The molecule has 0 aliphatic carbocycles. The summed E-state index contributed by atoms with van der Waals surface area (Å²) < 4.78 is 17.1. The maximum absolute atomic E-state index is 11.7. The Morgan fingerprint density at radius 2 is 2.04 bits per heavy atom. The molecular weight excluding hydrogens is 306 g/mol. The van der Waals surface area contributed by atoms with E-state index in [1.165, 1.54) is 0 Å². The second kappa shape index (κ2) is 11.2. The molecule has 24 heavy (non-hydrogen) atoms. The Kier molecular flexibility index (Phi) is 9.60. The zero-order valence-electron chi connectivity index (χ0n) is 15.4. The van der Waals surface area contributed by atoms with Crippen LogP contribution in [-0.2, 0) is 19.0 Å². The van der Waals surface area contributed by atoms with E-state index in [2.05, 4.69) is 18.7 Å². The van der Waals surface area contributed by atoms with Crippen LogP contribution >= 0.6 is 0 Å². The zero-order chi connectivity index (χ0) is 17.9. The van der Waals surface area contributed by atoms with Gasteiger partial charge in [0, 0.05) is 13.0 Å². The molecule has 0 aromatic heterocycles. The molecule has 1 saturated heterocycles. The summed E-state index contributed by atoms with van der Waals surface area (Å²) in [7, 11) is 1.64. The molecule has 0 bridgehead atoms. The Morgan fingerprint density at radius 3 is 2.67 bits per heavy atom. The summed E-state index contributed by atoms with van der Waals surface area (Å²) in [6.45, 7) is 6.84. The average Bonchev–Trinajstić information content (AvgIpc) is 2.58. The van der Waals surface area contributed by atoms with Gasteiger partial charge in [-0.05, 0) is 18.9 Å². The van der Waals surface area contributed by atoms with E-state index in [0.717, 1.165) is 18.4 Å². The largest absolute Gasteiger partial charge is 0.452 e. The first-order chi connectivity index (χ1) is 11.5. The lowest BCUT2D eigenvalue weighted by atomic mass is 9.90. The van der Waals surface area contributed by atoms with Gasteiger partial charge in [0.1, 0.15) is 12.2 Å². The summed E-state index contributed by atoms with van der Waals surface area (Å²) in [5.74, 6) is -0.176. The fourth-order valence-corrected chi connectivity index (χ4v) is 2.75. The van der Waals surface area contributed by atoms with Gasteiger partial charge in [-0.2, -0.15) is 0 Å². The second-order valence-corrected chi connectivity index (χ2v) is 6.15. The van der Waals surface area contributed by atoms with Crippen LogP contribution in [0, 0.1) is 5.92 Å². The molecular formula is C19H32NO4+. The van der Waals surface area contributed by atoms with Gasteiger partial charge in [0.15, 0.2) is 12.6 Å². The third-order valence-corrected chi connectivity index (χ3v) is 4.09. The van der Waals surface area contributed by atoms with Gasteiger partial charge in [0.25, 0.3) is 0 Å². The Labute approximate surface area is 145 Å². The van der Waals surface area contributed by atoms with Crippen LogP contribution in [0.3, 0.4) is 0 Å². The average molecular weight is 338 g/mol. The van der Waals surface area contributed by atoms with Gasteiger partial charge in [0.2, 0.25) is 0 Å². The fourth-order valence-electron chi connectivity index (χ4n) is 2.75. The molecule has 5 heteroatoms. The Balaban J connectivity index is 2.85. The van der Waals surface area contributed by atoms with Crippen LogP contribution in [0.5, 0.6) is 0 Å². The van der Waals surface area contributed by atoms with Crippen molar-refractivity contribution in [3.63, 3.8) is 0 Å². The van der Waals surface area contributed by atoms with Crippen LogP contribution in [0.2, 0.25) is 0 Å². The molecule has 0 unspecified atom stereocenters. The predicted molar refractivity (Wildman–Crippen MR) is 94.3 cm³/mol. The van der Waals surface area contributed by atoms with Crippen molar-refractivity contribution in [1.29, 1.82) is 0 Å². The maximum atomic E-state index is 11.7. The van der Waals surface area contributed by atoms with Gasteiger partial charge in [0.05, 0.1) is 6.61 Å². The van der Waals surface area contributed by atoms with Crippen LogP contribution in [0.15, 0.2) is 36.0 Å². The highest BCUT2D eigenvalue weighted by Crippen LogP contribution is 2.29.